The summed E-state index contributed by atoms with van der Waals surface area (Å²) in [5.41, 5.74) is 1.06. The molecule has 0 aliphatic carbocycles. The molecule has 1 aliphatic rings. The van der Waals surface area contributed by atoms with E-state index in [-0.39, 0.29) is 5.91 Å². The second-order valence-corrected chi connectivity index (χ2v) is 7.41. The van der Waals surface area contributed by atoms with Crippen molar-refractivity contribution in [2.45, 2.75) is 45.7 Å². The summed E-state index contributed by atoms with van der Waals surface area (Å²) in [6.45, 7) is 6.25. The fraction of sp³-hybridized carbons (Fsp3) is 0.588. The molecule has 3 heterocycles. The number of carbonyl (C=O) groups excluding carboxylic acids is 1. The lowest BCUT2D eigenvalue weighted by Gasteiger charge is -2.30. The summed E-state index contributed by atoms with van der Waals surface area (Å²) in [7, 11) is 0. The number of amides is 1. The molecule has 6 nitrogen and oxygen atoms in total. The van der Waals surface area contributed by atoms with Gasteiger partial charge < -0.3 is 5.32 Å². The lowest BCUT2D eigenvalue weighted by Crippen LogP contribution is -2.33. The highest BCUT2D eigenvalue weighted by Gasteiger charge is 2.17. The summed E-state index contributed by atoms with van der Waals surface area (Å²) < 4.78 is 1.84. The van der Waals surface area contributed by atoms with Gasteiger partial charge in [0.15, 0.2) is 5.13 Å². The number of nitrogens with zero attached hydrogens (tertiary/aromatic N) is 4. The second kappa shape index (κ2) is 8.39. The predicted molar refractivity (Wildman–Crippen MR) is 95.9 cm³/mol. The Kier molecular flexibility index (Phi) is 5.98. The number of hydrogen-bond donors (Lipinski definition) is 1. The number of aromatic nitrogens is 3. The Hall–Kier alpha value is -1.73. The fourth-order valence-corrected chi connectivity index (χ4v) is 3.83. The zero-order chi connectivity index (χ0) is 16.8. The third kappa shape index (κ3) is 5.14. The van der Waals surface area contributed by atoms with Crippen LogP contribution in [0, 0.1) is 5.92 Å². The minimum absolute atomic E-state index is 0.0228. The fourth-order valence-electron chi connectivity index (χ4n) is 3.11. The topological polar surface area (TPSA) is 63.1 Å². The third-order valence-electron chi connectivity index (χ3n) is 4.28. The van der Waals surface area contributed by atoms with E-state index in [2.05, 4.69) is 32.6 Å². The normalized spacial score (nSPS) is 18.6. The molecule has 3 rings (SSSR count). The quantitative estimate of drug-likeness (QED) is 0.836. The van der Waals surface area contributed by atoms with E-state index in [0.29, 0.717) is 11.6 Å². The number of hydrogen-bond acceptors (Lipinski definition) is 5. The Labute approximate surface area is 146 Å². The lowest BCUT2D eigenvalue weighted by atomic mass is 10.0. The molecule has 7 heteroatoms. The number of anilines is 1. The summed E-state index contributed by atoms with van der Waals surface area (Å²) in [5, 5.41) is 9.80. The number of rotatable bonds is 7. The van der Waals surface area contributed by atoms with Gasteiger partial charge in [-0.15, -0.1) is 11.3 Å². The van der Waals surface area contributed by atoms with Crippen molar-refractivity contribution in [2.24, 2.45) is 5.92 Å². The summed E-state index contributed by atoms with van der Waals surface area (Å²) in [5.74, 6) is 0.793. The van der Waals surface area contributed by atoms with Crippen molar-refractivity contribution in [3.8, 4) is 0 Å². The summed E-state index contributed by atoms with van der Waals surface area (Å²) in [6, 6.07) is 1.89. The Balaban J connectivity index is 1.40. The van der Waals surface area contributed by atoms with Gasteiger partial charge in [-0.05, 0) is 37.8 Å². The Bertz CT molecular complexity index is 639. The molecule has 1 fully saturated rings. The van der Waals surface area contributed by atoms with Crippen LogP contribution >= 0.6 is 11.3 Å². The van der Waals surface area contributed by atoms with Gasteiger partial charge >= 0.3 is 0 Å². The molecular formula is C17H25N5OS. The molecule has 0 radical (unpaired) electrons. The predicted octanol–water partition coefficient (Wildman–Crippen LogP) is 2.99. The van der Waals surface area contributed by atoms with E-state index in [1.165, 1.54) is 24.2 Å². The van der Waals surface area contributed by atoms with Crippen molar-refractivity contribution in [2.75, 3.05) is 18.4 Å². The average Bonchev–Trinajstić information content (AvgIpc) is 3.20. The molecule has 1 saturated heterocycles. The van der Waals surface area contributed by atoms with Gasteiger partial charge in [0.25, 0.3) is 0 Å². The molecule has 1 amide bonds. The molecule has 2 aromatic heterocycles. The maximum absolute atomic E-state index is 12.0. The van der Waals surface area contributed by atoms with Crippen molar-refractivity contribution < 1.29 is 4.79 Å². The lowest BCUT2D eigenvalue weighted by molar-refractivity contribution is -0.116. The number of likely N-dealkylation sites (tertiary alicyclic amines) is 1. The van der Waals surface area contributed by atoms with E-state index in [9.17, 15) is 4.79 Å². The molecule has 2 aromatic rings. The molecule has 0 saturated carbocycles. The summed E-state index contributed by atoms with van der Waals surface area (Å²) >= 11 is 1.51. The van der Waals surface area contributed by atoms with Crippen LogP contribution in [-0.2, 0) is 17.9 Å². The first-order chi connectivity index (χ1) is 11.7. The van der Waals surface area contributed by atoms with Crippen molar-refractivity contribution in [3.63, 3.8) is 0 Å². The van der Waals surface area contributed by atoms with Gasteiger partial charge in [0.1, 0.15) is 0 Å². The van der Waals surface area contributed by atoms with E-state index >= 15 is 0 Å². The number of nitrogens with one attached hydrogen (secondary N) is 1. The van der Waals surface area contributed by atoms with Crippen LogP contribution < -0.4 is 5.32 Å². The van der Waals surface area contributed by atoms with Crippen LogP contribution in [0.25, 0.3) is 0 Å². The second-order valence-electron chi connectivity index (χ2n) is 6.55. The van der Waals surface area contributed by atoms with Crippen LogP contribution in [0.1, 0.15) is 38.3 Å². The number of carbonyl (C=O) groups is 1. The van der Waals surface area contributed by atoms with E-state index in [0.717, 1.165) is 44.2 Å². The van der Waals surface area contributed by atoms with E-state index in [1.54, 1.807) is 6.20 Å². The van der Waals surface area contributed by atoms with Crippen molar-refractivity contribution >= 4 is 22.4 Å². The molecular weight excluding hydrogens is 322 g/mol. The van der Waals surface area contributed by atoms with Crippen molar-refractivity contribution in [3.05, 3.63) is 29.5 Å². The van der Waals surface area contributed by atoms with E-state index < -0.39 is 0 Å². The number of aryl methyl sites for hydroxylation is 1. The Morgan fingerprint density at radius 3 is 3.21 bits per heavy atom. The first-order valence-electron chi connectivity index (χ1n) is 8.63. The zero-order valence-corrected chi connectivity index (χ0v) is 15.0. The van der Waals surface area contributed by atoms with Crippen LogP contribution in [0.5, 0.6) is 0 Å². The molecule has 0 spiro atoms. The maximum Gasteiger partial charge on any atom is 0.226 e. The standard InChI is InChI=1S/C17H25N5OS/c1-14-5-2-8-21(11-14)12-15-13-24-17(19-15)20-16(23)6-3-9-22-10-4-7-18-22/h4,7,10,13-14H,2-3,5-6,8-9,11-12H2,1H3,(H,19,20,23)/t14-/m1/s1. The first kappa shape index (κ1) is 17.1. The van der Waals surface area contributed by atoms with Crippen molar-refractivity contribution in [1.82, 2.24) is 19.7 Å². The Morgan fingerprint density at radius 1 is 1.50 bits per heavy atom. The van der Waals surface area contributed by atoms with Gasteiger partial charge in [0.05, 0.1) is 5.69 Å². The van der Waals surface area contributed by atoms with Gasteiger partial charge in [-0.3, -0.25) is 14.4 Å². The molecule has 1 atom stereocenters. The van der Waals surface area contributed by atoms with Crippen LogP contribution in [0.4, 0.5) is 5.13 Å². The average molecular weight is 347 g/mol. The minimum atomic E-state index is 0.0228. The van der Waals surface area contributed by atoms with E-state index in [4.69, 9.17) is 0 Å². The van der Waals surface area contributed by atoms with Gasteiger partial charge in [0, 0.05) is 43.8 Å². The van der Waals surface area contributed by atoms with Gasteiger partial charge in [-0.2, -0.15) is 5.10 Å². The highest BCUT2D eigenvalue weighted by molar-refractivity contribution is 7.13. The van der Waals surface area contributed by atoms with E-state index in [1.807, 2.05) is 16.9 Å². The molecule has 0 bridgehead atoms. The van der Waals surface area contributed by atoms with Crippen LogP contribution in [-0.4, -0.2) is 38.7 Å². The van der Waals surface area contributed by atoms with Crippen molar-refractivity contribution in [1.29, 1.82) is 0 Å². The molecule has 1 N–H and O–H groups in total. The third-order valence-corrected chi connectivity index (χ3v) is 5.08. The number of piperidine rings is 1. The van der Waals surface area contributed by atoms with Gasteiger partial charge in [0.2, 0.25) is 5.91 Å². The van der Waals surface area contributed by atoms with Crippen LogP contribution in [0.2, 0.25) is 0 Å². The SMILES string of the molecule is C[C@@H]1CCCN(Cc2csc(NC(=O)CCCn3cccn3)n2)C1. The van der Waals surface area contributed by atoms with Crippen LogP contribution in [0.15, 0.2) is 23.8 Å². The molecule has 130 valence electrons. The molecule has 0 unspecified atom stereocenters. The highest BCUT2D eigenvalue weighted by atomic mass is 32.1. The maximum atomic E-state index is 12.0. The van der Waals surface area contributed by atoms with Gasteiger partial charge in [-0.25, -0.2) is 4.98 Å². The summed E-state index contributed by atoms with van der Waals surface area (Å²) in [6.07, 6.45) is 7.51. The first-order valence-corrected chi connectivity index (χ1v) is 9.51. The molecule has 1 aliphatic heterocycles. The number of thiazole rings is 1. The zero-order valence-electron chi connectivity index (χ0n) is 14.1. The highest BCUT2D eigenvalue weighted by Crippen LogP contribution is 2.21. The Morgan fingerprint density at radius 2 is 2.42 bits per heavy atom. The molecule has 24 heavy (non-hydrogen) atoms. The monoisotopic (exact) mass is 347 g/mol. The molecule has 0 aromatic carbocycles. The summed E-state index contributed by atoms with van der Waals surface area (Å²) in [4.78, 5) is 19.0. The van der Waals surface area contributed by atoms with Gasteiger partial charge in [-0.1, -0.05) is 6.92 Å². The largest absolute Gasteiger partial charge is 0.302 e. The minimum Gasteiger partial charge on any atom is -0.302 e. The van der Waals surface area contributed by atoms with Crippen LogP contribution in [0.3, 0.4) is 0 Å². The smallest absolute Gasteiger partial charge is 0.226 e.